The molecule has 0 aromatic heterocycles. The number of nitrogens with one attached hydrogen (secondary N) is 2. The summed E-state index contributed by atoms with van der Waals surface area (Å²) in [6.45, 7) is 10.1. The molecule has 8 heteroatoms. The Morgan fingerprint density at radius 2 is 1.86 bits per heavy atom. The molecule has 1 fully saturated rings. The molecular weight excluding hydrogens is 489 g/mol. The molecule has 1 aromatic carbocycles. The Labute approximate surface area is 186 Å². The molecular formula is C20H34IN3O3S. The van der Waals surface area contributed by atoms with Crippen LogP contribution in [0.15, 0.2) is 34.2 Å². The number of sulfone groups is 1. The number of guanidine groups is 1. The van der Waals surface area contributed by atoms with Crippen molar-refractivity contribution in [3.05, 3.63) is 29.8 Å². The zero-order valence-corrected chi connectivity index (χ0v) is 20.7. The van der Waals surface area contributed by atoms with Crippen molar-refractivity contribution in [2.45, 2.75) is 56.4 Å². The van der Waals surface area contributed by atoms with Gasteiger partial charge in [0, 0.05) is 26.7 Å². The van der Waals surface area contributed by atoms with Crippen molar-refractivity contribution in [1.82, 2.24) is 10.6 Å². The summed E-state index contributed by atoms with van der Waals surface area (Å²) in [4.78, 5) is 4.51. The molecule has 2 rings (SSSR count). The maximum atomic E-state index is 12.6. The number of hydrogen-bond acceptors (Lipinski definition) is 4. The van der Waals surface area contributed by atoms with Crippen molar-refractivity contribution in [3.8, 4) is 0 Å². The zero-order chi connectivity index (χ0) is 20.1. The van der Waals surface area contributed by atoms with E-state index in [1.807, 2.05) is 12.1 Å². The molecule has 1 atom stereocenters. The molecule has 1 aliphatic rings. The lowest BCUT2D eigenvalue weighted by Gasteiger charge is -2.24. The molecule has 0 bridgehead atoms. The van der Waals surface area contributed by atoms with Crippen LogP contribution in [0.3, 0.4) is 0 Å². The molecule has 1 saturated heterocycles. The third kappa shape index (κ3) is 7.18. The van der Waals surface area contributed by atoms with Gasteiger partial charge < -0.3 is 15.4 Å². The summed E-state index contributed by atoms with van der Waals surface area (Å²) in [5.41, 5.74) is 0.937. The fourth-order valence-electron chi connectivity index (χ4n) is 3.05. The monoisotopic (exact) mass is 523 g/mol. The van der Waals surface area contributed by atoms with E-state index in [4.69, 9.17) is 4.74 Å². The van der Waals surface area contributed by atoms with Crippen molar-refractivity contribution in [2.24, 2.45) is 4.99 Å². The maximum absolute atomic E-state index is 12.6. The van der Waals surface area contributed by atoms with Crippen molar-refractivity contribution >= 4 is 39.8 Å². The Kier molecular flexibility index (Phi) is 9.21. The maximum Gasteiger partial charge on any atom is 0.191 e. The van der Waals surface area contributed by atoms with E-state index in [2.05, 4.69) is 43.3 Å². The summed E-state index contributed by atoms with van der Waals surface area (Å²) in [5.74, 6) is 0.598. The number of rotatable bonds is 6. The fraction of sp³-hybridized carbons (Fsp3) is 0.650. The molecule has 0 radical (unpaired) electrons. The number of hydrogen-bond donors (Lipinski definition) is 2. The standard InChI is InChI=1S/C20H33N3O3S.HI/c1-19(2,3)16-7-9-17(10-8-16)27(24,25)14-12-22-18(21-5)23-15-20(4)11-6-13-26-20;/h7-10H,6,11-15H2,1-5H3,(H2,21,22,23);1H. The smallest absolute Gasteiger partial charge is 0.191 e. The van der Waals surface area contributed by atoms with Gasteiger partial charge in [0.05, 0.1) is 16.2 Å². The largest absolute Gasteiger partial charge is 0.373 e. The minimum atomic E-state index is -3.34. The molecule has 1 aromatic rings. The van der Waals surface area contributed by atoms with E-state index in [9.17, 15) is 8.42 Å². The Bertz CT molecular complexity index is 750. The van der Waals surface area contributed by atoms with Gasteiger partial charge in [0.15, 0.2) is 15.8 Å². The first-order chi connectivity index (χ1) is 12.6. The summed E-state index contributed by atoms with van der Waals surface area (Å²) < 4.78 is 30.9. The topological polar surface area (TPSA) is 79.8 Å². The Morgan fingerprint density at radius 3 is 2.36 bits per heavy atom. The van der Waals surface area contributed by atoms with E-state index in [1.54, 1.807) is 19.2 Å². The molecule has 28 heavy (non-hydrogen) atoms. The number of nitrogens with zero attached hydrogens (tertiary/aromatic N) is 1. The average Bonchev–Trinajstić information content (AvgIpc) is 3.04. The Morgan fingerprint density at radius 1 is 1.21 bits per heavy atom. The van der Waals surface area contributed by atoms with Crippen LogP contribution < -0.4 is 10.6 Å². The molecule has 6 nitrogen and oxygen atoms in total. The number of aliphatic imine (C=N–C) groups is 1. The van der Waals surface area contributed by atoms with E-state index in [1.165, 1.54) is 0 Å². The predicted molar refractivity (Wildman–Crippen MR) is 126 cm³/mol. The van der Waals surface area contributed by atoms with Gasteiger partial charge in [-0.3, -0.25) is 4.99 Å². The van der Waals surface area contributed by atoms with E-state index >= 15 is 0 Å². The van der Waals surface area contributed by atoms with Crippen molar-refractivity contribution in [2.75, 3.05) is 32.5 Å². The quantitative estimate of drug-likeness (QED) is 0.341. The van der Waals surface area contributed by atoms with Crippen LogP contribution in [0.2, 0.25) is 0 Å². The summed E-state index contributed by atoms with van der Waals surface area (Å²) in [6.07, 6.45) is 2.08. The highest BCUT2D eigenvalue weighted by atomic mass is 127. The number of halogens is 1. The van der Waals surface area contributed by atoms with Crippen LogP contribution in [0.4, 0.5) is 0 Å². The van der Waals surface area contributed by atoms with Crippen LogP contribution in [0, 0.1) is 0 Å². The van der Waals surface area contributed by atoms with Crippen LogP contribution in [0.5, 0.6) is 0 Å². The molecule has 1 heterocycles. The fourth-order valence-corrected chi connectivity index (χ4v) is 4.21. The lowest BCUT2D eigenvalue weighted by Crippen LogP contribution is -2.46. The molecule has 1 aliphatic heterocycles. The van der Waals surface area contributed by atoms with Gasteiger partial charge in [-0.2, -0.15) is 0 Å². The summed E-state index contributed by atoms with van der Waals surface area (Å²) in [6, 6.07) is 7.18. The average molecular weight is 523 g/mol. The van der Waals surface area contributed by atoms with Gasteiger partial charge in [-0.25, -0.2) is 8.42 Å². The first kappa shape index (κ1) is 25.2. The van der Waals surface area contributed by atoms with Crippen LogP contribution >= 0.6 is 24.0 Å². The highest BCUT2D eigenvalue weighted by Gasteiger charge is 2.29. The second kappa shape index (κ2) is 10.2. The molecule has 0 aliphatic carbocycles. The minimum absolute atomic E-state index is 0. The normalized spacial score (nSPS) is 20.5. The molecule has 160 valence electrons. The van der Waals surface area contributed by atoms with Crippen molar-refractivity contribution in [3.63, 3.8) is 0 Å². The van der Waals surface area contributed by atoms with E-state index in [-0.39, 0.29) is 40.7 Å². The van der Waals surface area contributed by atoms with E-state index < -0.39 is 9.84 Å². The highest BCUT2D eigenvalue weighted by Crippen LogP contribution is 2.24. The van der Waals surface area contributed by atoms with Crippen LogP contribution in [-0.4, -0.2) is 52.5 Å². The highest BCUT2D eigenvalue weighted by molar-refractivity contribution is 14.0. The molecule has 1 unspecified atom stereocenters. The molecule has 0 saturated carbocycles. The summed E-state index contributed by atoms with van der Waals surface area (Å²) >= 11 is 0. The van der Waals surface area contributed by atoms with Gasteiger partial charge in [-0.05, 0) is 42.9 Å². The number of ether oxygens (including phenoxy) is 1. The minimum Gasteiger partial charge on any atom is -0.373 e. The van der Waals surface area contributed by atoms with E-state index in [0.29, 0.717) is 23.9 Å². The van der Waals surface area contributed by atoms with Gasteiger partial charge >= 0.3 is 0 Å². The summed E-state index contributed by atoms with van der Waals surface area (Å²) in [5, 5.41) is 6.30. The zero-order valence-electron chi connectivity index (χ0n) is 17.5. The second-order valence-electron chi connectivity index (χ2n) is 8.35. The molecule has 0 amide bonds. The predicted octanol–water partition coefficient (Wildman–Crippen LogP) is 3.11. The van der Waals surface area contributed by atoms with Crippen LogP contribution in [0.1, 0.15) is 46.1 Å². The SMILES string of the molecule is CN=C(NCCS(=O)(=O)c1ccc(C(C)(C)C)cc1)NCC1(C)CCCO1.I. The van der Waals surface area contributed by atoms with Gasteiger partial charge in [-0.1, -0.05) is 32.9 Å². The third-order valence-electron chi connectivity index (χ3n) is 4.90. The lowest BCUT2D eigenvalue weighted by molar-refractivity contribution is 0.0243. The van der Waals surface area contributed by atoms with Crippen LogP contribution in [0.25, 0.3) is 0 Å². The summed E-state index contributed by atoms with van der Waals surface area (Å²) in [7, 11) is -1.67. The van der Waals surface area contributed by atoms with Crippen molar-refractivity contribution in [1.29, 1.82) is 0 Å². The molecule has 2 N–H and O–H groups in total. The lowest BCUT2D eigenvalue weighted by atomic mass is 9.87. The van der Waals surface area contributed by atoms with Gasteiger partial charge in [0.1, 0.15) is 0 Å². The van der Waals surface area contributed by atoms with E-state index in [0.717, 1.165) is 25.0 Å². The Balaban J connectivity index is 0.00000392. The second-order valence-corrected chi connectivity index (χ2v) is 10.5. The van der Waals surface area contributed by atoms with Crippen LogP contribution in [-0.2, 0) is 20.0 Å². The first-order valence-electron chi connectivity index (χ1n) is 9.48. The third-order valence-corrected chi connectivity index (χ3v) is 6.63. The van der Waals surface area contributed by atoms with Crippen molar-refractivity contribution < 1.29 is 13.2 Å². The molecule has 0 spiro atoms. The first-order valence-corrected chi connectivity index (χ1v) is 11.1. The van der Waals surface area contributed by atoms with Gasteiger partial charge in [-0.15, -0.1) is 24.0 Å². The number of benzene rings is 1. The van der Waals surface area contributed by atoms with Gasteiger partial charge in [0.25, 0.3) is 0 Å². The Hall–Kier alpha value is -0.870. The van der Waals surface area contributed by atoms with Gasteiger partial charge in [0.2, 0.25) is 0 Å².